The Bertz CT molecular complexity index is 1120. The van der Waals surface area contributed by atoms with Crippen molar-refractivity contribution in [3.63, 3.8) is 0 Å². The highest BCUT2D eigenvalue weighted by atomic mass is 32.2. The summed E-state index contributed by atoms with van der Waals surface area (Å²) in [6.07, 6.45) is 2.21. The fraction of sp³-hybridized carbons (Fsp3) is 0.593. The standard InChI is InChI=1S/C27H37F2N3O3S/c1-17-21(26(33)30-20-10-12-35-13-11-20)15-23(32(17)16-18-6-5-7-18)19-8-9-24(22(14-19)25(28)29)36(34)31-27(2,3)4/h8-9,14-15,18,20,25,31H,5-7,10-13,16H2,1-4H3,(H,30,33). The van der Waals surface area contributed by atoms with Crippen molar-refractivity contribution in [2.24, 2.45) is 5.92 Å². The van der Waals surface area contributed by atoms with E-state index in [4.69, 9.17) is 4.74 Å². The van der Waals surface area contributed by atoms with Gasteiger partial charge in [-0.1, -0.05) is 12.5 Å². The Morgan fingerprint density at radius 2 is 1.86 bits per heavy atom. The molecule has 1 saturated heterocycles. The molecular weight excluding hydrogens is 484 g/mol. The fourth-order valence-corrected chi connectivity index (χ4v) is 5.99. The molecule has 9 heteroatoms. The van der Waals surface area contributed by atoms with Gasteiger partial charge in [0.1, 0.15) is 11.0 Å². The van der Waals surface area contributed by atoms with E-state index in [0.717, 1.165) is 43.6 Å². The lowest BCUT2D eigenvalue weighted by atomic mass is 9.85. The van der Waals surface area contributed by atoms with Gasteiger partial charge < -0.3 is 14.6 Å². The van der Waals surface area contributed by atoms with Crippen LogP contribution in [-0.4, -0.2) is 39.5 Å². The first-order chi connectivity index (χ1) is 17.0. The summed E-state index contributed by atoms with van der Waals surface area (Å²) in [6.45, 7) is 9.44. The molecule has 1 aromatic carbocycles. The van der Waals surface area contributed by atoms with E-state index < -0.39 is 22.9 Å². The molecule has 1 aliphatic carbocycles. The number of hydrogen-bond donors (Lipinski definition) is 2. The largest absolute Gasteiger partial charge is 0.381 e. The summed E-state index contributed by atoms with van der Waals surface area (Å²) in [7, 11) is -1.78. The van der Waals surface area contributed by atoms with Crippen molar-refractivity contribution in [1.29, 1.82) is 0 Å². The van der Waals surface area contributed by atoms with Crippen molar-refractivity contribution < 1.29 is 22.5 Å². The van der Waals surface area contributed by atoms with E-state index in [1.54, 1.807) is 6.07 Å². The molecule has 0 spiro atoms. The van der Waals surface area contributed by atoms with Gasteiger partial charge in [-0.3, -0.25) is 4.79 Å². The molecule has 1 aliphatic heterocycles. The summed E-state index contributed by atoms with van der Waals surface area (Å²) in [5.74, 6) is 0.368. The molecule has 1 aromatic heterocycles. The van der Waals surface area contributed by atoms with Crippen LogP contribution < -0.4 is 10.0 Å². The number of hydrogen-bond acceptors (Lipinski definition) is 3. The SMILES string of the molecule is Cc1c(C(=O)NC2CCOCC2)cc(-c2ccc(S(=O)NC(C)(C)C)c(C(F)F)c2)n1CC1CCC1. The van der Waals surface area contributed by atoms with Gasteiger partial charge >= 0.3 is 0 Å². The van der Waals surface area contributed by atoms with E-state index >= 15 is 0 Å². The number of nitrogens with zero attached hydrogens (tertiary/aromatic N) is 1. The van der Waals surface area contributed by atoms with Gasteiger partial charge in [0.05, 0.1) is 10.5 Å². The normalized spacial score (nSPS) is 18.3. The van der Waals surface area contributed by atoms with Crippen LogP contribution in [0.25, 0.3) is 11.3 Å². The van der Waals surface area contributed by atoms with Gasteiger partial charge in [-0.25, -0.2) is 17.7 Å². The van der Waals surface area contributed by atoms with Gasteiger partial charge in [-0.05, 0) is 83.1 Å². The van der Waals surface area contributed by atoms with Crippen LogP contribution in [0.15, 0.2) is 29.2 Å². The molecule has 0 radical (unpaired) electrons. The van der Waals surface area contributed by atoms with Crippen LogP contribution in [0, 0.1) is 12.8 Å². The molecule has 1 amide bonds. The molecule has 1 unspecified atom stereocenters. The Labute approximate surface area is 214 Å². The van der Waals surface area contributed by atoms with Crippen LogP contribution >= 0.6 is 0 Å². The molecule has 4 rings (SSSR count). The lowest BCUT2D eigenvalue weighted by Crippen LogP contribution is -2.39. The summed E-state index contributed by atoms with van der Waals surface area (Å²) in [6, 6.07) is 6.56. The lowest BCUT2D eigenvalue weighted by molar-refractivity contribution is 0.0696. The molecule has 6 nitrogen and oxygen atoms in total. The zero-order valence-electron chi connectivity index (χ0n) is 21.5. The van der Waals surface area contributed by atoms with Gasteiger partial charge in [0, 0.05) is 48.3 Å². The third-order valence-electron chi connectivity index (χ3n) is 6.97. The summed E-state index contributed by atoms with van der Waals surface area (Å²) >= 11 is 0. The van der Waals surface area contributed by atoms with Crippen LogP contribution in [0.3, 0.4) is 0 Å². The Morgan fingerprint density at radius 1 is 1.17 bits per heavy atom. The zero-order chi connectivity index (χ0) is 26.0. The minimum absolute atomic E-state index is 0.0686. The number of carbonyl (C=O) groups is 1. The van der Waals surface area contributed by atoms with E-state index in [9.17, 15) is 17.8 Å². The second kappa shape index (κ2) is 11.1. The van der Waals surface area contributed by atoms with E-state index in [-0.39, 0.29) is 22.4 Å². The number of amides is 1. The smallest absolute Gasteiger partial charge is 0.265 e. The molecule has 36 heavy (non-hydrogen) atoms. The van der Waals surface area contributed by atoms with E-state index in [0.29, 0.717) is 30.3 Å². The van der Waals surface area contributed by atoms with Gasteiger partial charge in [-0.15, -0.1) is 0 Å². The Hall–Kier alpha value is -2.10. The van der Waals surface area contributed by atoms with Crippen molar-refractivity contribution in [3.8, 4) is 11.3 Å². The van der Waals surface area contributed by atoms with Crippen molar-refractivity contribution in [1.82, 2.24) is 14.6 Å². The topological polar surface area (TPSA) is 72.4 Å². The molecule has 0 bridgehead atoms. The zero-order valence-corrected chi connectivity index (χ0v) is 22.4. The van der Waals surface area contributed by atoms with Gasteiger partial charge in [0.2, 0.25) is 0 Å². The number of ether oxygens (including phenoxy) is 1. The lowest BCUT2D eigenvalue weighted by Gasteiger charge is -2.28. The van der Waals surface area contributed by atoms with Crippen LogP contribution in [0.4, 0.5) is 8.78 Å². The molecule has 2 N–H and O–H groups in total. The van der Waals surface area contributed by atoms with E-state index in [2.05, 4.69) is 14.6 Å². The van der Waals surface area contributed by atoms with Crippen LogP contribution in [0.1, 0.15) is 80.9 Å². The molecule has 2 fully saturated rings. The van der Waals surface area contributed by atoms with Crippen LogP contribution in [0.5, 0.6) is 0 Å². The second-order valence-corrected chi connectivity index (χ2v) is 12.2. The molecule has 2 heterocycles. The predicted molar refractivity (Wildman–Crippen MR) is 138 cm³/mol. The minimum atomic E-state index is -2.78. The van der Waals surface area contributed by atoms with E-state index in [1.165, 1.54) is 18.6 Å². The molecule has 2 aliphatic rings. The summed E-state index contributed by atoms with van der Waals surface area (Å²) in [5.41, 5.74) is 1.97. The number of nitrogens with one attached hydrogen (secondary N) is 2. The first-order valence-electron chi connectivity index (χ1n) is 12.7. The number of rotatable bonds is 8. The Balaban J connectivity index is 1.70. The van der Waals surface area contributed by atoms with Crippen LogP contribution in [0.2, 0.25) is 0 Å². The van der Waals surface area contributed by atoms with Gasteiger partial charge in [0.25, 0.3) is 12.3 Å². The minimum Gasteiger partial charge on any atom is -0.381 e. The molecule has 2 aromatic rings. The number of carbonyl (C=O) groups excluding carboxylic acids is 1. The van der Waals surface area contributed by atoms with Crippen LogP contribution in [-0.2, 0) is 22.3 Å². The maximum Gasteiger partial charge on any atom is 0.265 e. The van der Waals surface area contributed by atoms with Crippen molar-refractivity contribution >= 4 is 16.9 Å². The highest BCUT2D eigenvalue weighted by Crippen LogP contribution is 2.36. The van der Waals surface area contributed by atoms with Gasteiger partial charge in [0.15, 0.2) is 0 Å². The monoisotopic (exact) mass is 521 g/mol. The average Bonchev–Trinajstić information content (AvgIpc) is 3.11. The maximum atomic E-state index is 14.1. The van der Waals surface area contributed by atoms with Crippen molar-refractivity contribution in [2.45, 2.75) is 89.2 Å². The highest BCUT2D eigenvalue weighted by Gasteiger charge is 2.27. The number of halogens is 2. The highest BCUT2D eigenvalue weighted by molar-refractivity contribution is 7.83. The molecule has 1 saturated carbocycles. The van der Waals surface area contributed by atoms with Crippen molar-refractivity contribution in [3.05, 3.63) is 41.1 Å². The quantitative estimate of drug-likeness (QED) is 0.480. The summed E-state index contributed by atoms with van der Waals surface area (Å²) in [5, 5.41) is 3.12. The number of alkyl halides is 2. The third kappa shape index (κ3) is 6.23. The number of benzene rings is 1. The first-order valence-corrected chi connectivity index (χ1v) is 13.9. The third-order valence-corrected chi connectivity index (χ3v) is 8.54. The summed E-state index contributed by atoms with van der Waals surface area (Å²) in [4.78, 5) is 13.3. The van der Waals surface area contributed by atoms with Crippen molar-refractivity contribution in [2.75, 3.05) is 13.2 Å². The molecule has 198 valence electrons. The first kappa shape index (κ1) is 26.9. The van der Waals surface area contributed by atoms with E-state index in [1.807, 2.05) is 33.8 Å². The Kier molecular flexibility index (Phi) is 8.32. The molecule has 1 atom stereocenters. The fourth-order valence-electron chi connectivity index (χ4n) is 4.77. The van der Waals surface area contributed by atoms with Gasteiger partial charge in [-0.2, -0.15) is 0 Å². The summed E-state index contributed by atoms with van der Waals surface area (Å²) < 4.78 is 51.4. The molecular formula is C27H37F2N3O3S. The predicted octanol–water partition coefficient (Wildman–Crippen LogP) is 5.52. The second-order valence-electron chi connectivity index (χ2n) is 11.0. The maximum absolute atomic E-state index is 14.1. The number of aromatic nitrogens is 1. The Morgan fingerprint density at radius 3 is 2.44 bits per heavy atom. The average molecular weight is 522 g/mol.